The average molecular weight is 1100 g/mol. The van der Waals surface area contributed by atoms with Crippen LogP contribution < -0.4 is 0 Å². The molecule has 0 amide bonds. The van der Waals surface area contributed by atoms with Crippen LogP contribution in [-0.4, -0.2) is 9.13 Å². The summed E-state index contributed by atoms with van der Waals surface area (Å²) in [6.45, 7) is 48.0. The highest BCUT2D eigenvalue weighted by Gasteiger charge is 2.08. The number of thiophene rings is 1. The molecule has 4 aromatic heterocycles. The van der Waals surface area contributed by atoms with Crippen LogP contribution in [-0.2, 0) is 13.6 Å². The van der Waals surface area contributed by atoms with Crippen LogP contribution in [0.2, 0.25) is 0 Å². The molecule has 0 saturated carbocycles. The van der Waals surface area contributed by atoms with Crippen molar-refractivity contribution >= 4 is 97.1 Å². The fourth-order valence-electron chi connectivity index (χ4n) is 7.81. The van der Waals surface area contributed by atoms with Crippen LogP contribution in [0.25, 0.3) is 85.7 Å². The smallest absolute Gasteiger partial charge is 0.135 e. The molecule has 0 fully saturated rings. The normalized spacial score (nSPS) is 8.95. The fraction of sp³-hybridized carbons (Fsp3) is 0.368. The highest BCUT2D eigenvalue weighted by Crippen LogP contribution is 2.33. The van der Waals surface area contributed by atoms with E-state index >= 15 is 0 Å². The predicted octanol–water partition coefficient (Wildman–Crippen LogP) is 27.2. The van der Waals surface area contributed by atoms with Crippen LogP contribution in [0.1, 0.15) is 179 Å². The molecule has 0 spiro atoms. The minimum Gasteiger partial charge on any atom is -0.456 e. The lowest BCUT2D eigenvalue weighted by atomic mass is 10.2. The van der Waals surface area contributed by atoms with Crippen molar-refractivity contribution in [1.29, 1.82) is 0 Å². The first-order valence-electron chi connectivity index (χ1n) is 31.0. The summed E-state index contributed by atoms with van der Waals surface area (Å²) in [5.74, 6) is 0. The zero-order chi connectivity index (χ0) is 61.3. The molecular weight excluding hydrogens is 989 g/mol. The molecule has 0 unspecified atom stereocenters. The minimum absolute atomic E-state index is 0.962. The van der Waals surface area contributed by atoms with E-state index in [9.17, 15) is 0 Å². The lowest BCUT2D eigenvalue weighted by Crippen LogP contribution is -1.91. The Hall–Kier alpha value is -6.62. The molecule has 4 heteroatoms. The number of aromatic nitrogens is 2. The maximum Gasteiger partial charge on any atom is 0.135 e. The summed E-state index contributed by atoms with van der Waals surface area (Å²) in [6, 6.07) is 67.6. The molecule has 438 valence electrons. The van der Waals surface area contributed by atoms with Gasteiger partial charge in [0.25, 0.3) is 0 Å². The van der Waals surface area contributed by atoms with Gasteiger partial charge in [0.2, 0.25) is 0 Å². The Morgan fingerprint density at radius 3 is 0.775 bits per heavy atom. The van der Waals surface area contributed by atoms with E-state index in [1.165, 1.54) is 93.8 Å². The molecule has 3 nitrogen and oxygen atoms in total. The molecule has 0 radical (unpaired) electrons. The second-order valence-electron chi connectivity index (χ2n) is 15.7. The molecule has 0 saturated heterocycles. The van der Waals surface area contributed by atoms with Crippen molar-refractivity contribution in [3.63, 3.8) is 0 Å². The van der Waals surface area contributed by atoms with E-state index in [-0.39, 0.29) is 0 Å². The zero-order valence-electron chi connectivity index (χ0n) is 55.0. The van der Waals surface area contributed by atoms with Gasteiger partial charge in [-0.1, -0.05) is 317 Å². The van der Waals surface area contributed by atoms with Crippen LogP contribution in [0.3, 0.4) is 0 Å². The van der Waals surface area contributed by atoms with Crippen LogP contribution in [0.5, 0.6) is 0 Å². The van der Waals surface area contributed by atoms with Crippen molar-refractivity contribution < 1.29 is 4.42 Å². The predicted molar refractivity (Wildman–Crippen MR) is 377 cm³/mol. The summed E-state index contributed by atoms with van der Waals surface area (Å²) in [4.78, 5) is 0. The molecule has 0 aliphatic carbocycles. The number of furan rings is 1. The minimum atomic E-state index is 0.962. The van der Waals surface area contributed by atoms with Crippen molar-refractivity contribution in [2.45, 2.75) is 185 Å². The third-order valence-electron chi connectivity index (χ3n) is 10.4. The Labute approximate surface area is 494 Å². The summed E-state index contributed by atoms with van der Waals surface area (Å²) < 4.78 is 13.0. The van der Waals surface area contributed by atoms with Gasteiger partial charge in [-0.05, 0) is 55.5 Å². The Morgan fingerprint density at radius 1 is 0.275 bits per heavy atom. The molecule has 0 aliphatic heterocycles. The van der Waals surface area contributed by atoms with Crippen LogP contribution in [0.4, 0.5) is 0 Å². The third-order valence-corrected chi connectivity index (χ3v) is 11.5. The Morgan fingerprint density at radius 2 is 0.487 bits per heavy atom. The highest BCUT2D eigenvalue weighted by atomic mass is 32.1. The first kappa shape index (κ1) is 77.6. The number of hydrogen-bond acceptors (Lipinski definition) is 2. The Bertz CT molecular complexity index is 2970. The maximum absolute atomic E-state index is 5.65. The molecule has 12 aromatic rings. The molecule has 8 aromatic carbocycles. The number of aryl methyl sites for hydroxylation is 2. The summed E-state index contributed by atoms with van der Waals surface area (Å²) >= 11 is 1.86. The van der Waals surface area contributed by atoms with Gasteiger partial charge in [-0.2, -0.15) is 0 Å². The van der Waals surface area contributed by atoms with Crippen molar-refractivity contribution in [2.24, 2.45) is 7.05 Å². The van der Waals surface area contributed by atoms with E-state index in [1.807, 2.05) is 159 Å². The molecule has 0 N–H and O–H groups in total. The average Bonchev–Trinajstić information content (AvgIpc) is 4.30. The second kappa shape index (κ2) is 50.6. The molecule has 12 rings (SSSR count). The first-order valence-corrected chi connectivity index (χ1v) is 31.9. The van der Waals surface area contributed by atoms with Gasteiger partial charge >= 0.3 is 0 Å². The third kappa shape index (κ3) is 23.2. The zero-order valence-corrected chi connectivity index (χ0v) is 55.8. The van der Waals surface area contributed by atoms with Gasteiger partial charge in [0.05, 0.1) is 0 Å². The van der Waals surface area contributed by atoms with Crippen LogP contribution >= 0.6 is 11.3 Å². The lowest BCUT2D eigenvalue weighted by molar-refractivity contribution is 0.669. The molecular formula is C76H112N2OS. The molecule has 0 atom stereocenters. The van der Waals surface area contributed by atoms with Gasteiger partial charge < -0.3 is 13.6 Å². The SMILES string of the molecule is CC.CC.CC.CC.CC.CC.CC.CC.CCC.CCC.CCC.CCn1c2ccccc2c2ccccc21.Cn1c2ccccc2c2ccccc21.c1ccc2c(c1)oc1ccccc12.c1ccc2c(c1)sc1ccccc12. The van der Waals surface area contributed by atoms with E-state index in [2.05, 4.69) is 222 Å². The van der Waals surface area contributed by atoms with E-state index in [0.29, 0.717) is 0 Å². The molecule has 4 heterocycles. The number of nitrogens with zero attached hydrogens (tertiary/aromatic N) is 2. The van der Waals surface area contributed by atoms with Gasteiger partial charge in [0.15, 0.2) is 0 Å². The van der Waals surface area contributed by atoms with E-state index in [4.69, 9.17) is 4.42 Å². The number of rotatable bonds is 1. The van der Waals surface area contributed by atoms with Gasteiger partial charge in [0.1, 0.15) is 11.2 Å². The largest absolute Gasteiger partial charge is 0.456 e. The summed E-state index contributed by atoms with van der Waals surface area (Å²) in [5.41, 5.74) is 7.19. The van der Waals surface area contributed by atoms with Crippen LogP contribution in [0, 0.1) is 0 Å². The van der Waals surface area contributed by atoms with Crippen molar-refractivity contribution in [1.82, 2.24) is 9.13 Å². The number of para-hydroxylation sites is 6. The number of benzene rings is 8. The van der Waals surface area contributed by atoms with Crippen molar-refractivity contribution in [3.8, 4) is 0 Å². The quantitative estimate of drug-likeness (QED) is 0.161. The van der Waals surface area contributed by atoms with Crippen molar-refractivity contribution in [3.05, 3.63) is 194 Å². The summed E-state index contributed by atoms with van der Waals surface area (Å²) in [7, 11) is 2.12. The summed E-state index contributed by atoms with van der Waals surface area (Å²) in [5, 5.41) is 10.5. The van der Waals surface area contributed by atoms with Crippen LogP contribution in [0.15, 0.2) is 199 Å². The topological polar surface area (TPSA) is 23.0 Å². The Balaban J connectivity index is -0.000000872. The van der Waals surface area contributed by atoms with E-state index in [1.54, 1.807) is 0 Å². The van der Waals surface area contributed by atoms with Gasteiger partial charge in [-0.15, -0.1) is 11.3 Å². The molecule has 0 aliphatic rings. The molecule has 80 heavy (non-hydrogen) atoms. The lowest BCUT2D eigenvalue weighted by Gasteiger charge is -2.01. The maximum atomic E-state index is 5.65. The van der Waals surface area contributed by atoms with E-state index in [0.717, 1.165) is 17.7 Å². The summed E-state index contributed by atoms with van der Waals surface area (Å²) in [6.07, 6.45) is 3.75. The van der Waals surface area contributed by atoms with Gasteiger partial charge in [-0.3, -0.25) is 0 Å². The number of fused-ring (bicyclic) bond motifs is 12. The highest BCUT2D eigenvalue weighted by molar-refractivity contribution is 7.25. The van der Waals surface area contributed by atoms with Crippen molar-refractivity contribution in [2.75, 3.05) is 0 Å². The van der Waals surface area contributed by atoms with Gasteiger partial charge in [0, 0.05) is 88.1 Å². The second-order valence-corrected chi connectivity index (χ2v) is 16.8. The molecule has 0 bridgehead atoms. The first-order chi connectivity index (χ1) is 39.4. The van der Waals surface area contributed by atoms with Gasteiger partial charge in [-0.25, -0.2) is 0 Å². The Kier molecular flexibility index (Phi) is 49.1. The monoisotopic (exact) mass is 1100 g/mol. The van der Waals surface area contributed by atoms with E-state index < -0.39 is 0 Å². The fourth-order valence-corrected chi connectivity index (χ4v) is 8.92. The number of hydrogen-bond donors (Lipinski definition) is 0. The standard InChI is InChI=1S/C14H13N.C13H11N.C12H8O.C12H8S.3C3H8.8C2H6/c1-2-15-13-9-5-3-7-11(13)12-8-4-6-10-14(12)15;1-14-12-8-4-2-6-10(12)11-7-3-5-9-13(11)14;2*1-3-7-11-9(5-1)10-6-2-4-8-12(10)13-11;3*1-3-2;8*1-2/h3-10H,2H2,1H3;2-9H,1H3;2*1-8H;3*3H2,1-2H3;8*1-2H3.